The third kappa shape index (κ3) is 4.48. The first-order valence-electron chi connectivity index (χ1n) is 10.2. The third-order valence-corrected chi connectivity index (χ3v) is 5.81. The van der Waals surface area contributed by atoms with E-state index >= 15 is 0 Å². The van der Waals surface area contributed by atoms with Gasteiger partial charge in [0.05, 0.1) is 7.11 Å². The largest absolute Gasteiger partial charge is 0.497 e. The monoisotopic (exact) mass is 379 g/mol. The Labute approximate surface area is 169 Å². The van der Waals surface area contributed by atoms with Crippen LogP contribution in [0.2, 0.25) is 0 Å². The molecule has 0 heterocycles. The van der Waals surface area contributed by atoms with Crippen LogP contribution in [-0.2, 0) is 5.60 Å². The highest BCUT2D eigenvalue weighted by Gasteiger charge is 2.42. The topological polar surface area (TPSA) is 32.7 Å². The number of nitrogens with zero attached hydrogens (tertiary/aromatic N) is 1. The van der Waals surface area contributed by atoms with E-state index in [1.807, 2.05) is 18.2 Å². The summed E-state index contributed by atoms with van der Waals surface area (Å²) in [5.74, 6) is 0.996. The molecule has 1 saturated carbocycles. The summed E-state index contributed by atoms with van der Waals surface area (Å²) in [7, 11) is 5.87. The number of hydrogen-bond donors (Lipinski definition) is 1. The summed E-state index contributed by atoms with van der Waals surface area (Å²) in [6.45, 7) is 2.95. The van der Waals surface area contributed by atoms with Gasteiger partial charge in [-0.25, -0.2) is 0 Å². The zero-order valence-electron chi connectivity index (χ0n) is 17.6. The summed E-state index contributed by atoms with van der Waals surface area (Å²) in [4.78, 5) is 2.19. The Morgan fingerprint density at radius 1 is 1.14 bits per heavy atom. The Hall–Kier alpha value is -2.10. The summed E-state index contributed by atoms with van der Waals surface area (Å²) in [5, 5.41) is 12.3. The van der Waals surface area contributed by atoms with Crippen molar-refractivity contribution >= 4 is 6.08 Å². The molecule has 2 aromatic rings. The minimum Gasteiger partial charge on any atom is -0.497 e. The van der Waals surface area contributed by atoms with Crippen LogP contribution in [0.4, 0.5) is 0 Å². The van der Waals surface area contributed by atoms with Gasteiger partial charge in [0.1, 0.15) is 11.4 Å². The molecule has 1 N–H and O–H groups in total. The number of methoxy groups -OCH3 is 1. The Kier molecular flexibility index (Phi) is 6.58. The zero-order valence-corrected chi connectivity index (χ0v) is 17.6. The Morgan fingerprint density at radius 3 is 2.64 bits per heavy atom. The zero-order chi connectivity index (χ0) is 20.1. The smallest absolute Gasteiger partial charge is 0.119 e. The van der Waals surface area contributed by atoms with Gasteiger partial charge in [-0.15, -0.1) is 0 Å². The molecule has 2 aromatic carbocycles. The van der Waals surface area contributed by atoms with Crippen molar-refractivity contribution in [3.05, 3.63) is 70.8 Å². The van der Waals surface area contributed by atoms with Gasteiger partial charge in [0, 0.05) is 12.5 Å². The van der Waals surface area contributed by atoms with Gasteiger partial charge in [-0.3, -0.25) is 0 Å². The van der Waals surface area contributed by atoms with E-state index < -0.39 is 5.60 Å². The van der Waals surface area contributed by atoms with Gasteiger partial charge in [-0.2, -0.15) is 0 Å². The molecular weight excluding hydrogens is 346 g/mol. The molecule has 0 bridgehead atoms. The molecule has 3 nitrogen and oxygen atoms in total. The molecule has 1 aliphatic carbocycles. The van der Waals surface area contributed by atoms with Crippen molar-refractivity contribution in [1.82, 2.24) is 4.90 Å². The molecule has 1 fully saturated rings. The molecule has 2 atom stereocenters. The van der Waals surface area contributed by atoms with E-state index in [1.54, 1.807) is 7.11 Å². The minimum absolute atomic E-state index is 0.156. The van der Waals surface area contributed by atoms with Crippen molar-refractivity contribution < 1.29 is 9.84 Å². The average molecular weight is 380 g/mol. The van der Waals surface area contributed by atoms with Crippen LogP contribution in [0.5, 0.6) is 5.75 Å². The molecule has 3 heteroatoms. The molecule has 0 aromatic heterocycles. The van der Waals surface area contributed by atoms with Gasteiger partial charge in [-0.05, 0) is 69.1 Å². The molecule has 0 aliphatic heterocycles. The second-order valence-corrected chi connectivity index (χ2v) is 8.29. The first-order valence-corrected chi connectivity index (χ1v) is 10.2. The number of benzene rings is 2. The van der Waals surface area contributed by atoms with Gasteiger partial charge in [0.15, 0.2) is 0 Å². The lowest BCUT2D eigenvalue weighted by Crippen LogP contribution is -2.41. The van der Waals surface area contributed by atoms with Gasteiger partial charge in [0.25, 0.3) is 0 Å². The van der Waals surface area contributed by atoms with Gasteiger partial charge in [0.2, 0.25) is 0 Å². The highest BCUT2D eigenvalue weighted by molar-refractivity contribution is 5.58. The normalized spacial score (nSPS) is 24.4. The molecule has 0 radical (unpaired) electrons. The number of rotatable bonds is 5. The second-order valence-electron chi connectivity index (χ2n) is 8.29. The predicted molar refractivity (Wildman–Crippen MR) is 117 cm³/mol. The first-order chi connectivity index (χ1) is 13.4. The Balaban J connectivity index is 2.14. The fraction of sp³-hybridized carbons (Fsp3) is 0.440. The summed E-state index contributed by atoms with van der Waals surface area (Å²) in [6.07, 6.45) is 6.36. The minimum atomic E-state index is -0.962. The quantitative estimate of drug-likeness (QED) is 0.740. The summed E-state index contributed by atoms with van der Waals surface area (Å²) in [5.41, 5.74) is 3.41. The lowest BCUT2D eigenvalue weighted by Gasteiger charge is -2.39. The lowest BCUT2D eigenvalue weighted by molar-refractivity contribution is 0.000442. The van der Waals surface area contributed by atoms with Crippen molar-refractivity contribution in [2.45, 2.75) is 38.2 Å². The van der Waals surface area contributed by atoms with Crippen LogP contribution in [0.15, 0.2) is 54.1 Å². The van der Waals surface area contributed by atoms with Crippen LogP contribution in [-0.4, -0.2) is 37.8 Å². The maximum Gasteiger partial charge on any atom is 0.119 e. The fourth-order valence-electron chi connectivity index (χ4n) is 4.45. The van der Waals surface area contributed by atoms with Crippen LogP contribution in [0.3, 0.4) is 0 Å². The highest BCUT2D eigenvalue weighted by Crippen LogP contribution is 2.45. The second kappa shape index (κ2) is 8.93. The molecule has 0 amide bonds. The third-order valence-electron chi connectivity index (χ3n) is 5.81. The molecular formula is C25H33NO2. The Morgan fingerprint density at radius 2 is 1.93 bits per heavy atom. The fourth-order valence-corrected chi connectivity index (χ4v) is 4.45. The summed E-state index contributed by atoms with van der Waals surface area (Å²) in [6, 6.07) is 16.5. The molecule has 1 aliphatic rings. The molecule has 150 valence electrons. The SMILES string of the molecule is COc1cccc(/C=C2\CCCCC(CN(C)C)C2(O)c2cccc(C)c2)c1. The van der Waals surface area contributed by atoms with Crippen molar-refractivity contribution in [1.29, 1.82) is 0 Å². The van der Waals surface area contributed by atoms with E-state index in [0.717, 1.165) is 54.7 Å². The van der Waals surface area contributed by atoms with Gasteiger partial charge < -0.3 is 14.7 Å². The van der Waals surface area contributed by atoms with E-state index in [4.69, 9.17) is 4.74 Å². The molecule has 3 rings (SSSR count). The van der Waals surface area contributed by atoms with E-state index in [2.05, 4.69) is 62.3 Å². The van der Waals surface area contributed by atoms with Crippen LogP contribution < -0.4 is 4.74 Å². The van der Waals surface area contributed by atoms with E-state index in [1.165, 1.54) is 5.56 Å². The summed E-state index contributed by atoms with van der Waals surface area (Å²) >= 11 is 0. The maximum absolute atomic E-state index is 12.3. The highest BCUT2D eigenvalue weighted by atomic mass is 16.5. The Bertz CT molecular complexity index is 827. The van der Waals surface area contributed by atoms with Gasteiger partial charge >= 0.3 is 0 Å². The van der Waals surface area contributed by atoms with Crippen LogP contribution in [0.1, 0.15) is 42.4 Å². The first kappa shape index (κ1) is 20.6. The predicted octanol–water partition coefficient (Wildman–Crippen LogP) is 5.03. The van der Waals surface area contributed by atoms with E-state index in [0.29, 0.717) is 0 Å². The molecule has 0 spiro atoms. The number of hydrogen-bond acceptors (Lipinski definition) is 3. The standard InChI is InChI=1S/C25H33NO2/c1-19-9-7-13-21(15-19)25(27)22(11-5-6-12-23(25)18-26(2)3)16-20-10-8-14-24(17-20)28-4/h7-10,13-17,23,27H,5-6,11-12,18H2,1-4H3/b22-16+. The van der Waals surface area contributed by atoms with Crippen LogP contribution in [0.25, 0.3) is 6.08 Å². The average Bonchev–Trinajstić information content (AvgIpc) is 2.82. The van der Waals surface area contributed by atoms with E-state index in [9.17, 15) is 5.11 Å². The van der Waals surface area contributed by atoms with Crippen molar-refractivity contribution in [2.24, 2.45) is 5.92 Å². The van der Waals surface area contributed by atoms with Gasteiger partial charge in [-0.1, -0.05) is 54.5 Å². The van der Waals surface area contributed by atoms with Crippen LogP contribution in [0, 0.1) is 12.8 Å². The lowest BCUT2D eigenvalue weighted by atomic mass is 9.73. The van der Waals surface area contributed by atoms with Crippen molar-refractivity contribution in [2.75, 3.05) is 27.7 Å². The molecule has 28 heavy (non-hydrogen) atoms. The maximum atomic E-state index is 12.3. The van der Waals surface area contributed by atoms with E-state index in [-0.39, 0.29) is 5.92 Å². The number of aryl methyl sites for hydroxylation is 1. The number of ether oxygens (including phenoxy) is 1. The van der Waals surface area contributed by atoms with Crippen molar-refractivity contribution in [3.8, 4) is 5.75 Å². The summed E-state index contributed by atoms with van der Waals surface area (Å²) < 4.78 is 5.40. The number of aliphatic hydroxyl groups is 1. The van der Waals surface area contributed by atoms with Crippen LogP contribution >= 0.6 is 0 Å². The molecule has 2 unspecified atom stereocenters. The molecule has 0 saturated heterocycles. The van der Waals surface area contributed by atoms with Crippen molar-refractivity contribution in [3.63, 3.8) is 0 Å².